The lowest BCUT2D eigenvalue weighted by atomic mass is 9.43. The van der Waals surface area contributed by atoms with Crippen LogP contribution < -0.4 is 0 Å². The number of rotatable bonds is 5. The zero-order valence-electron chi connectivity index (χ0n) is 23.2. The number of aliphatic hydroxyl groups is 3. The maximum atomic E-state index is 13.9. The Morgan fingerprint density at radius 2 is 1.63 bits per heavy atom. The summed E-state index contributed by atoms with van der Waals surface area (Å²) in [6, 6.07) is 0. The first-order valence-electron chi connectivity index (χ1n) is 13.8. The topological polar surface area (TPSA) is 94.8 Å². The van der Waals surface area contributed by atoms with Crippen LogP contribution in [0.25, 0.3) is 0 Å². The number of fused-ring (bicyclic) bond motifs is 4. The molecule has 35 heavy (non-hydrogen) atoms. The van der Waals surface area contributed by atoms with Crippen molar-refractivity contribution in [2.75, 3.05) is 0 Å². The van der Waals surface area contributed by atoms with E-state index in [1.54, 1.807) is 0 Å². The zero-order chi connectivity index (χ0) is 26.4. The van der Waals surface area contributed by atoms with Crippen LogP contribution in [0, 0.1) is 39.4 Å². The SMILES string of the molecule is C[C@@H](C[C@@H](O)[C@H](O)C(C)(C)O)[C@@H]1CC[C@]2(C)C3=C(CC[C@@]12C)[C@@]1(C)CCC(=O)C(C)(C)[C@@H]1CC3=O. The summed E-state index contributed by atoms with van der Waals surface area (Å²) in [5.41, 5.74) is 0.216. The summed E-state index contributed by atoms with van der Waals surface area (Å²) in [6.07, 6.45) is 4.02. The van der Waals surface area contributed by atoms with E-state index >= 15 is 0 Å². The molecule has 0 aliphatic heterocycles. The number of hydrogen-bond acceptors (Lipinski definition) is 5. The number of hydrogen-bond donors (Lipinski definition) is 3. The summed E-state index contributed by atoms with van der Waals surface area (Å²) in [6.45, 7) is 16.3. The van der Waals surface area contributed by atoms with Crippen molar-refractivity contribution in [3.05, 3.63) is 11.1 Å². The Morgan fingerprint density at radius 1 is 1.00 bits per heavy atom. The van der Waals surface area contributed by atoms with Crippen LogP contribution in [-0.2, 0) is 9.59 Å². The molecular formula is C30H48O5. The number of carbonyl (C=O) groups is 2. The molecule has 0 spiro atoms. The second-order valence-corrected chi connectivity index (χ2v) is 14.4. The maximum Gasteiger partial charge on any atom is 0.159 e. The van der Waals surface area contributed by atoms with Crippen molar-refractivity contribution >= 4 is 11.6 Å². The highest BCUT2D eigenvalue weighted by atomic mass is 16.4. The summed E-state index contributed by atoms with van der Waals surface area (Å²) in [5.74, 6) is 1.11. The first kappa shape index (κ1) is 27.0. The highest BCUT2D eigenvalue weighted by Gasteiger charge is 2.65. The second kappa shape index (κ2) is 8.23. The van der Waals surface area contributed by atoms with Gasteiger partial charge in [-0.3, -0.25) is 9.59 Å². The first-order chi connectivity index (χ1) is 15.9. The van der Waals surface area contributed by atoms with Gasteiger partial charge in [0.15, 0.2) is 5.78 Å². The fraction of sp³-hybridized carbons (Fsp3) is 0.867. The Bertz CT molecular complexity index is 941. The molecule has 0 unspecified atom stereocenters. The standard InChI is InChI=1S/C30H48O5/c1-17(15-21(32)25(34)27(4,5)35)18-9-14-30(8)24-19(10-13-29(18,30)7)28(6)12-11-23(33)26(2,3)22(28)16-20(24)31/h17-18,21-22,25,32,34-35H,9-16H2,1-8H3/t17-,18-,21+,22-,25-,28+,29-,30+/m0/s1. The van der Waals surface area contributed by atoms with Crippen molar-refractivity contribution < 1.29 is 24.9 Å². The average Bonchev–Trinajstić information content (AvgIpc) is 3.03. The molecule has 0 aromatic rings. The molecule has 4 aliphatic carbocycles. The van der Waals surface area contributed by atoms with Gasteiger partial charge in [-0.25, -0.2) is 0 Å². The van der Waals surface area contributed by atoms with Crippen molar-refractivity contribution in [3.63, 3.8) is 0 Å². The van der Waals surface area contributed by atoms with Gasteiger partial charge in [0.25, 0.3) is 0 Å². The number of ketones is 2. The normalized spacial score (nSPS) is 41.7. The van der Waals surface area contributed by atoms with Crippen LogP contribution >= 0.6 is 0 Å². The van der Waals surface area contributed by atoms with Crippen LogP contribution in [0.4, 0.5) is 0 Å². The number of aliphatic hydroxyl groups excluding tert-OH is 2. The van der Waals surface area contributed by atoms with Gasteiger partial charge in [0.05, 0.1) is 11.7 Å². The van der Waals surface area contributed by atoms with Gasteiger partial charge < -0.3 is 15.3 Å². The first-order valence-corrected chi connectivity index (χ1v) is 13.8. The lowest BCUT2D eigenvalue weighted by Gasteiger charge is -2.60. The Labute approximate surface area is 211 Å². The van der Waals surface area contributed by atoms with Gasteiger partial charge >= 0.3 is 0 Å². The van der Waals surface area contributed by atoms with Crippen molar-refractivity contribution in [3.8, 4) is 0 Å². The smallest absolute Gasteiger partial charge is 0.159 e. The molecule has 0 aromatic carbocycles. The lowest BCUT2D eigenvalue weighted by molar-refractivity contribution is -0.142. The van der Waals surface area contributed by atoms with Crippen molar-refractivity contribution in [1.29, 1.82) is 0 Å². The predicted octanol–water partition coefficient (Wildman–Crippen LogP) is 5.00. The third-order valence-electron chi connectivity index (χ3n) is 11.8. The summed E-state index contributed by atoms with van der Waals surface area (Å²) in [4.78, 5) is 26.7. The molecule has 5 nitrogen and oxygen atoms in total. The van der Waals surface area contributed by atoms with Crippen LogP contribution in [0.3, 0.4) is 0 Å². The predicted molar refractivity (Wildman–Crippen MR) is 137 cm³/mol. The second-order valence-electron chi connectivity index (χ2n) is 14.4. The highest BCUT2D eigenvalue weighted by Crippen LogP contribution is 2.71. The molecule has 0 radical (unpaired) electrons. The molecule has 198 valence electrons. The molecular weight excluding hydrogens is 440 g/mol. The molecule has 4 aliphatic rings. The Hall–Kier alpha value is -1.04. The van der Waals surface area contributed by atoms with Gasteiger partial charge in [-0.05, 0) is 81.0 Å². The monoisotopic (exact) mass is 488 g/mol. The Morgan fingerprint density at radius 3 is 2.23 bits per heavy atom. The molecule has 2 saturated carbocycles. The van der Waals surface area contributed by atoms with E-state index in [0.717, 1.165) is 37.7 Å². The summed E-state index contributed by atoms with van der Waals surface area (Å²) < 4.78 is 0. The van der Waals surface area contributed by atoms with E-state index in [0.29, 0.717) is 31.0 Å². The fourth-order valence-corrected chi connectivity index (χ4v) is 9.27. The van der Waals surface area contributed by atoms with Crippen molar-refractivity contribution in [2.45, 2.75) is 125 Å². The van der Waals surface area contributed by atoms with Crippen LogP contribution in [0.2, 0.25) is 0 Å². The number of carbonyl (C=O) groups excluding carboxylic acids is 2. The van der Waals surface area contributed by atoms with Crippen LogP contribution in [0.15, 0.2) is 11.1 Å². The minimum Gasteiger partial charge on any atom is -0.390 e. The van der Waals surface area contributed by atoms with E-state index < -0.39 is 23.2 Å². The van der Waals surface area contributed by atoms with Crippen molar-refractivity contribution in [2.24, 2.45) is 39.4 Å². The van der Waals surface area contributed by atoms with Gasteiger partial charge in [-0.1, -0.05) is 47.1 Å². The molecule has 0 heterocycles. The van der Waals surface area contributed by atoms with Crippen molar-refractivity contribution in [1.82, 2.24) is 0 Å². The molecule has 0 amide bonds. The van der Waals surface area contributed by atoms with E-state index in [-0.39, 0.29) is 33.9 Å². The maximum absolute atomic E-state index is 13.9. The zero-order valence-corrected chi connectivity index (χ0v) is 23.2. The highest BCUT2D eigenvalue weighted by molar-refractivity contribution is 6.00. The largest absolute Gasteiger partial charge is 0.390 e. The third kappa shape index (κ3) is 3.74. The fourth-order valence-electron chi connectivity index (χ4n) is 9.27. The van der Waals surface area contributed by atoms with Gasteiger partial charge in [-0.15, -0.1) is 0 Å². The molecule has 4 rings (SSSR count). The van der Waals surface area contributed by atoms with Crippen LogP contribution in [0.5, 0.6) is 0 Å². The van der Waals surface area contributed by atoms with E-state index in [2.05, 4.69) is 27.7 Å². The average molecular weight is 489 g/mol. The van der Waals surface area contributed by atoms with Gasteiger partial charge in [-0.2, -0.15) is 0 Å². The molecule has 3 N–H and O–H groups in total. The molecule has 0 aromatic heterocycles. The van der Waals surface area contributed by atoms with Gasteiger partial charge in [0.2, 0.25) is 0 Å². The summed E-state index contributed by atoms with van der Waals surface area (Å²) in [7, 11) is 0. The van der Waals surface area contributed by atoms with Gasteiger partial charge in [0.1, 0.15) is 11.9 Å². The van der Waals surface area contributed by atoms with Crippen LogP contribution in [0.1, 0.15) is 107 Å². The molecule has 0 saturated heterocycles. The minimum atomic E-state index is -1.35. The minimum absolute atomic E-state index is 0.0660. The number of allylic oxidation sites excluding steroid dienone is 2. The quantitative estimate of drug-likeness (QED) is 0.506. The molecule has 8 atom stereocenters. The number of Topliss-reactive ketones (excluding diaryl/α,β-unsaturated/α-hetero) is 2. The summed E-state index contributed by atoms with van der Waals surface area (Å²) >= 11 is 0. The lowest BCUT2D eigenvalue weighted by Crippen LogP contribution is -2.56. The summed E-state index contributed by atoms with van der Waals surface area (Å²) in [5, 5.41) is 31.3. The Kier molecular flexibility index (Phi) is 6.35. The third-order valence-corrected chi connectivity index (χ3v) is 11.8. The van der Waals surface area contributed by atoms with Gasteiger partial charge in [0, 0.05) is 29.2 Å². The molecule has 5 heteroatoms. The Balaban J connectivity index is 1.67. The molecule has 2 fully saturated rings. The van der Waals surface area contributed by atoms with E-state index in [1.807, 2.05) is 13.8 Å². The molecule has 0 bridgehead atoms. The van der Waals surface area contributed by atoms with E-state index in [1.165, 1.54) is 19.4 Å². The van der Waals surface area contributed by atoms with E-state index in [4.69, 9.17) is 0 Å². The van der Waals surface area contributed by atoms with Crippen LogP contribution in [-0.4, -0.2) is 44.7 Å². The van der Waals surface area contributed by atoms with E-state index in [9.17, 15) is 24.9 Å².